The molecule has 2 rings (SSSR count). The largest absolute Gasteiger partial charge is 0.454 e. The zero-order valence-electron chi connectivity index (χ0n) is 19.5. The van der Waals surface area contributed by atoms with Crippen LogP contribution >= 0.6 is 0 Å². The summed E-state index contributed by atoms with van der Waals surface area (Å²) in [5.41, 5.74) is 0.814. The molecule has 0 aliphatic carbocycles. The number of hydrogen-bond acceptors (Lipinski definition) is 5. The van der Waals surface area contributed by atoms with Crippen LogP contribution in [0.1, 0.15) is 36.7 Å². The summed E-state index contributed by atoms with van der Waals surface area (Å²) < 4.78 is 5.20. The summed E-state index contributed by atoms with van der Waals surface area (Å²) in [6.45, 7) is 4.82. The van der Waals surface area contributed by atoms with Crippen LogP contribution in [0.4, 0.5) is 0 Å². The molecule has 3 amide bonds. The van der Waals surface area contributed by atoms with E-state index in [0.717, 1.165) is 5.56 Å². The minimum Gasteiger partial charge on any atom is -0.454 e. The van der Waals surface area contributed by atoms with Crippen LogP contribution in [0.25, 0.3) is 0 Å². The van der Waals surface area contributed by atoms with Gasteiger partial charge in [-0.25, -0.2) is 4.79 Å². The summed E-state index contributed by atoms with van der Waals surface area (Å²) in [7, 11) is 1.46. The van der Waals surface area contributed by atoms with Gasteiger partial charge in [0.15, 0.2) is 6.61 Å². The zero-order valence-corrected chi connectivity index (χ0v) is 19.5. The average Bonchev–Trinajstić information content (AvgIpc) is 2.76. The van der Waals surface area contributed by atoms with Gasteiger partial charge >= 0.3 is 5.97 Å². The van der Waals surface area contributed by atoms with E-state index in [-0.39, 0.29) is 18.9 Å². The normalized spacial score (nSPS) is 11.8. The molecule has 2 aromatic carbocycles. The number of benzene rings is 2. The van der Waals surface area contributed by atoms with Crippen molar-refractivity contribution in [3.05, 3.63) is 71.8 Å². The molecule has 0 aliphatic heterocycles. The van der Waals surface area contributed by atoms with E-state index in [1.54, 1.807) is 30.3 Å². The van der Waals surface area contributed by atoms with E-state index < -0.39 is 36.0 Å². The van der Waals surface area contributed by atoms with Crippen molar-refractivity contribution in [1.29, 1.82) is 0 Å². The monoisotopic (exact) mass is 453 g/mol. The van der Waals surface area contributed by atoms with Gasteiger partial charge in [0, 0.05) is 24.6 Å². The molecule has 0 radical (unpaired) electrons. The second kappa shape index (κ2) is 11.8. The predicted octanol–water partition coefficient (Wildman–Crippen LogP) is 1.94. The van der Waals surface area contributed by atoms with Gasteiger partial charge in [-0.05, 0) is 38.5 Å². The number of esters is 1. The van der Waals surface area contributed by atoms with E-state index >= 15 is 0 Å². The van der Waals surface area contributed by atoms with Gasteiger partial charge < -0.3 is 20.3 Å². The highest BCUT2D eigenvalue weighted by molar-refractivity contribution is 5.97. The topological polar surface area (TPSA) is 105 Å². The Morgan fingerprint density at radius 3 is 2.09 bits per heavy atom. The molecule has 1 unspecified atom stereocenters. The molecule has 2 N–H and O–H groups in total. The number of ether oxygens (including phenoxy) is 1. The van der Waals surface area contributed by atoms with E-state index in [9.17, 15) is 19.2 Å². The lowest BCUT2D eigenvalue weighted by Gasteiger charge is -2.23. The van der Waals surface area contributed by atoms with Gasteiger partial charge in [0.2, 0.25) is 5.91 Å². The van der Waals surface area contributed by atoms with Crippen LogP contribution in [-0.2, 0) is 25.5 Å². The first kappa shape index (κ1) is 25.6. The Bertz CT molecular complexity index is 955. The van der Waals surface area contributed by atoms with Crippen molar-refractivity contribution in [2.45, 2.75) is 38.8 Å². The highest BCUT2D eigenvalue weighted by atomic mass is 16.5. The zero-order chi connectivity index (χ0) is 24.4. The molecule has 0 bridgehead atoms. The Hall–Kier alpha value is -3.68. The van der Waals surface area contributed by atoms with Crippen molar-refractivity contribution < 1.29 is 23.9 Å². The van der Waals surface area contributed by atoms with Gasteiger partial charge in [0.1, 0.15) is 6.04 Å². The Kier molecular flexibility index (Phi) is 9.15. The number of amides is 3. The molecule has 0 heterocycles. The molecule has 1 atom stereocenters. The Balaban J connectivity index is 1.99. The first-order chi connectivity index (χ1) is 15.5. The minimum absolute atomic E-state index is 0.161. The number of carbonyl (C=O) groups is 4. The lowest BCUT2D eigenvalue weighted by molar-refractivity contribution is -0.153. The van der Waals surface area contributed by atoms with Gasteiger partial charge in [0.05, 0.1) is 6.54 Å². The maximum atomic E-state index is 12.8. The van der Waals surface area contributed by atoms with Crippen molar-refractivity contribution in [3.63, 3.8) is 0 Å². The van der Waals surface area contributed by atoms with Crippen LogP contribution in [0.15, 0.2) is 60.7 Å². The molecular formula is C25H31N3O5. The van der Waals surface area contributed by atoms with Crippen LogP contribution in [0, 0.1) is 0 Å². The third kappa shape index (κ3) is 9.14. The maximum Gasteiger partial charge on any atom is 0.329 e. The number of rotatable bonds is 9. The Morgan fingerprint density at radius 2 is 1.52 bits per heavy atom. The number of carbonyl (C=O) groups excluding carboxylic acids is 4. The molecule has 0 saturated carbocycles. The van der Waals surface area contributed by atoms with Crippen LogP contribution in [0.5, 0.6) is 0 Å². The van der Waals surface area contributed by atoms with Crippen molar-refractivity contribution in [3.8, 4) is 0 Å². The Morgan fingerprint density at radius 1 is 0.939 bits per heavy atom. The summed E-state index contributed by atoms with van der Waals surface area (Å²) >= 11 is 0. The lowest BCUT2D eigenvalue weighted by Crippen LogP contribution is -2.47. The van der Waals surface area contributed by atoms with E-state index in [2.05, 4.69) is 10.6 Å². The molecule has 2 aromatic rings. The second-order valence-electron chi connectivity index (χ2n) is 8.74. The van der Waals surface area contributed by atoms with Crippen molar-refractivity contribution in [1.82, 2.24) is 15.5 Å². The number of hydrogen-bond donors (Lipinski definition) is 2. The molecule has 0 aliphatic rings. The molecule has 176 valence electrons. The molecule has 0 aromatic heterocycles. The van der Waals surface area contributed by atoms with Gasteiger partial charge in [-0.1, -0.05) is 48.5 Å². The van der Waals surface area contributed by atoms with Gasteiger partial charge in [-0.15, -0.1) is 0 Å². The lowest BCUT2D eigenvalue weighted by atomic mass is 10.1. The SMILES string of the molecule is CN(CC(=O)NC(C)(C)C)C(=O)COC(=O)C(Cc1ccccc1)NC(=O)c1ccccc1. The molecule has 0 saturated heterocycles. The standard InChI is InChI=1S/C25H31N3O5/c1-25(2,3)27-21(29)16-28(4)22(30)17-33-24(32)20(15-18-11-7-5-8-12-18)26-23(31)19-13-9-6-10-14-19/h5-14,20H,15-17H2,1-4H3,(H,26,31)(H,27,29). The molecular weight excluding hydrogens is 422 g/mol. The summed E-state index contributed by atoms with van der Waals surface area (Å²) in [6, 6.07) is 16.7. The summed E-state index contributed by atoms with van der Waals surface area (Å²) in [6.07, 6.45) is 0.205. The summed E-state index contributed by atoms with van der Waals surface area (Å²) in [5.74, 6) is -2.00. The molecule has 8 nitrogen and oxygen atoms in total. The fraction of sp³-hybridized carbons (Fsp3) is 0.360. The smallest absolute Gasteiger partial charge is 0.329 e. The highest BCUT2D eigenvalue weighted by Gasteiger charge is 2.25. The van der Waals surface area contributed by atoms with E-state index in [4.69, 9.17) is 4.74 Å². The Labute approximate surface area is 194 Å². The molecule has 33 heavy (non-hydrogen) atoms. The van der Waals surface area contributed by atoms with Gasteiger partial charge in [0.25, 0.3) is 11.8 Å². The first-order valence-electron chi connectivity index (χ1n) is 10.7. The van der Waals surface area contributed by atoms with E-state index in [1.165, 1.54) is 11.9 Å². The van der Waals surface area contributed by atoms with Gasteiger partial charge in [-0.2, -0.15) is 0 Å². The van der Waals surface area contributed by atoms with Crippen LogP contribution < -0.4 is 10.6 Å². The molecule has 8 heteroatoms. The number of nitrogens with one attached hydrogen (secondary N) is 2. The van der Waals surface area contributed by atoms with Crippen LogP contribution in [0.3, 0.4) is 0 Å². The second-order valence-corrected chi connectivity index (χ2v) is 8.74. The van der Waals surface area contributed by atoms with Crippen LogP contribution in [0.2, 0.25) is 0 Å². The highest BCUT2D eigenvalue weighted by Crippen LogP contribution is 2.07. The van der Waals surface area contributed by atoms with Crippen molar-refractivity contribution in [2.75, 3.05) is 20.2 Å². The van der Waals surface area contributed by atoms with E-state index in [0.29, 0.717) is 5.56 Å². The summed E-state index contributed by atoms with van der Waals surface area (Å²) in [5, 5.41) is 5.45. The third-order valence-corrected chi connectivity index (χ3v) is 4.57. The predicted molar refractivity (Wildman–Crippen MR) is 124 cm³/mol. The van der Waals surface area contributed by atoms with Crippen molar-refractivity contribution in [2.24, 2.45) is 0 Å². The third-order valence-electron chi connectivity index (χ3n) is 4.57. The first-order valence-corrected chi connectivity index (χ1v) is 10.7. The average molecular weight is 454 g/mol. The molecule has 0 fully saturated rings. The maximum absolute atomic E-state index is 12.8. The fourth-order valence-electron chi connectivity index (χ4n) is 2.98. The molecule has 0 spiro atoms. The fourth-order valence-corrected chi connectivity index (χ4v) is 2.98. The minimum atomic E-state index is -0.984. The summed E-state index contributed by atoms with van der Waals surface area (Å²) in [4.78, 5) is 50.9. The van der Waals surface area contributed by atoms with Crippen molar-refractivity contribution >= 4 is 23.7 Å². The quantitative estimate of drug-likeness (QED) is 0.565. The number of nitrogens with zero attached hydrogens (tertiary/aromatic N) is 1. The van der Waals surface area contributed by atoms with E-state index in [1.807, 2.05) is 51.1 Å². The van der Waals surface area contributed by atoms with Gasteiger partial charge in [-0.3, -0.25) is 14.4 Å². The van der Waals surface area contributed by atoms with Crippen LogP contribution in [-0.4, -0.2) is 60.4 Å². The number of likely N-dealkylation sites (N-methyl/N-ethyl adjacent to an activating group) is 1.